The molecule has 0 spiro atoms. The second kappa shape index (κ2) is 7.58. The van der Waals surface area contributed by atoms with E-state index in [1.54, 1.807) is 29.7 Å². The third-order valence-corrected chi connectivity index (χ3v) is 4.31. The topological polar surface area (TPSA) is 92.1 Å². The lowest BCUT2D eigenvalue weighted by Crippen LogP contribution is -2.60. The van der Waals surface area contributed by atoms with E-state index in [1.807, 2.05) is 16.3 Å². The number of carbonyl (C=O) groups is 2. The van der Waals surface area contributed by atoms with Crippen molar-refractivity contribution in [3.05, 3.63) is 30.5 Å². The van der Waals surface area contributed by atoms with E-state index in [9.17, 15) is 9.59 Å². The molecule has 2 amide bonds. The van der Waals surface area contributed by atoms with Crippen LogP contribution in [0.15, 0.2) is 24.8 Å². The summed E-state index contributed by atoms with van der Waals surface area (Å²) in [7, 11) is 3.42. The van der Waals surface area contributed by atoms with Crippen molar-refractivity contribution >= 4 is 17.5 Å². The van der Waals surface area contributed by atoms with E-state index in [-0.39, 0.29) is 18.4 Å². The predicted molar refractivity (Wildman–Crippen MR) is 89.7 cm³/mol. The molecule has 9 heteroatoms. The van der Waals surface area contributed by atoms with E-state index in [2.05, 4.69) is 15.3 Å². The predicted octanol–water partition coefficient (Wildman–Crippen LogP) is -0.865. The molecule has 0 aromatic carbocycles. The molecular formula is C16H22N6O3. The molecule has 3 heterocycles. The van der Waals surface area contributed by atoms with E-state index < -0.39 is 6.04 Å². The zero-order chi connectivity index (χ0) is 17.8. The molecule has 9 nitrogen and oxygen atoms in total. The van der Waals surface area contributed by atoms with Gasteiger partial charge in [-0.15, -0.1) is 0 Å². The quantitative estimate of drug-likeness (QED) is 0.757. The van der Waals surface area contributed by atoms with Gasteiger partial charge in [0.2, 0.25) is 11.8 Å². The SMILES string of the molecule is COCC(=O)N1CCN(C)C[C@H]1C(=O)NCc1cnc2cnccn12. The van der Waals surface area contributed by atoms with Crippen molar-refractivity contribution in [2.75, 3.05) is 40.4 Å². The second-order valence-corrected chi connectivity index (χ2v) is 6.07. The van der Waals surface area contributed by atoms with Crippen molar-refractivity contribution in [3.63, 3.8) is 0 Å². The fourth-order valence-electron chi connectivity index (χ4n) is 2.97. The number of hydrogen-bond acceptors (Lipinski definition) is 6. The minimum atomic E-state index is -0.526. The average molecular weight is 346 g/mol. The van der Waals surface area contributed by atoms with Crippen LogP contribution in [0.2, 0.25) is 0 Å². The lowest BCUT2D eigenvalue weighted by molar-refractivity contribution is -0.146. The zero-order valence-electron chi connectivity index (χ0n) is 14.4. The number of nitrogens with zero attached hydrogens (tertiary/aromatic N) is 5. The van der Waals surface area contributed by atoms with E-state index >= 15 is 0 Å². The van der Waals surface area contributed by atoms with Crippen molar-refractivity contribution in [1.82, 2.24) is 29.5 Å². The van der Waals surface area contributed by atoms with Gasteiger partial charge in [0.15, 0.2) is 5.65 Å². The molecule has 0 unspecified atom stereocenters. The van der Waals surface area contributed by atoms with Gasteiger partial charge in [-0.1, -0.05) is 0 Å². The van der Waals surface area contributed by atoms with Crippen molar-refractivity contribution < 1.29 is 14.3 Å². The van der Waals surface area contributed by atoms with Crippen LogP contribution in [-0.2, 0) is 20.9 Å². The first-order chi connectivity index (χ1) is 12.1. The molecule has 1 fully saturated rings. The number of nitrogens with one attached hydrogen (secondary N) is 1. The largest absolute Gasteiger partial charge is 0.375 e. The van der Waals surface area contributed by atoms with Crippen LogP contribution in [0.25, 0.3) is 5.65 Å². The maximum absolute atomic E-state index is 12.7. The molecular weight excluding hydrogens is 324 g/mol. The third kappa shape index (κ3) is 3.77. The Morgan fingerprint density at radius 3 is 3.00 bits per heavy atom. The first-order valence-electron chi connectivity index (χ1n) is 8.10. The van der Waals surface area contributed by atoms with Crippen LogP contribution in [0.3, 0.4) is 0 Å². The highest BCUT2D eigenvalue weighted by Crippen LogP contribution is 2.10. The molecule has 1 N–H and O–H groups in total. The summed E-state index contributed by atoms with van der Waals surface area (Å²) in [6, 6.07) is -0.526. The minimum Gasteiger partial charge on any atom is -0.375 e. The maximum Gasteiger partial charge on any atom is 0.249 e. The number of carbonyl (C=O) groups excluding carboxylic acids is 2. The molecule has 0 saturated carbocycles. The molecule has 3 rings (SSSR count). The first kappa shape index (κ1) is 17.3. The van der Waals surface area contributed by atoms with Gasteiger partial charge in [0.1, 0.15) is 12.6 Å². The standard InChI is InChI=1S/C16H22N6O3/c1-20-5-6-22(15(23)11-25-2)13(10-20)16(24)19-8-12-7-18-14-9-17-3-4-21(12)14/h3-4,7,9,13H,5-6,8,10-11H2,1-2H3,(H,19,24)/t13-/m0/s1. The highest BCUT2D eigenvalue weighted by atomic mass is 16.5. The molecule has 2 aromatic heterocycles. The molecule has 0 bridgehead atoms. The normalized spacial score (nSPS) is 18.5. The molecule has 1 saturated heterocycles. The number of methoxy groups -OCH3 is 1. The maximum atomic E-state index is 12.7. The highest BCUT2D eigenvalue weighted by Gasteiger charge is 2.33. The summed E-state index contributed by atoms with van der Waals surface area (Å²) < 4.78 is 6.79. The van der Waals surface area contributed by atoms with Crippen molar-refractivity contribution in [2.45, 2.75) is 12.6 Å². The van der Waals surface area contributed by atoms with Crippen molar-refractivity contribution in [2.24, 2.45) is 0 Å². The summed E-state index contributed by atoms with van der Waals surface area (Å²) in [4.78, 5) is 36.8. The molecule has 25 heavy (non-hydrogen) atoms. The Balaban J connectivity index is 1.68. The van der Waals surface area contributed by atoms with Gasteiger partial charge in [-0.3, -0.25) is 19.0 Å². The van der Waals surface area contributed by atoms with Gasteiger partial charge in [0.25, 0.3) is 0 Å². The van der Waals surface area contributed by atoms with E-state index in [0.717, 1.165) is 17.9 Å². The molecule has 2 aromatic rings. The Morgan fingerprint density at radius 2 is 2.20 bits per heavy atom. The number of ether oxygens (including phenoxy) is 1. The monoisotopic (exact) mass is 346 g/mol. The van der Waals surface area contributed by atoms with Crippen molar-refractivity contribution in [1.29, 1.82) is 0 Å². The fourth-order valence-corrected chi connectivity index (χ4v) is 2.97. The number of piperazine rings is 1. The van der Waals surface area contributed by atoms with Crippen molar-refractivity contribution in [3.8, 4) is 0 Å². The van der Waals surface area contributed by atoms with Gasteiger partial charge in [0, 0.05) is 39.1 Å². The summed E-state index contributed by atoms with van der Waals surface area (Å²) in [6.07, 6.45) is 6.83. The molecule has 1 atom stereocenters. The number of fused-ring (bicyclic) bond motifs is 1. The second-order valence-electron chi connectivity index (χ2n) is 6.07. The minimum absolute atomic E-state index is 0.0201. The van der Waals surface area contributed by atoms with Crippen LogP contribution in [0.5, 0.6) is 0 Å². The Kier molecular flexibility index (Phi) is 5.25. The lowest BCUT2D eigenvalue weighted by atomic mass is 10.1. The number of imidazole rings is 1. The fraction of sp³-hybridized carbons (Fsp3) is 0.500. The number of amides is 2. The number of aromatic nitrogens is 3. The molecule has 0 radical (unpaired) electrons. The summed E-state index contributed by atoms with van der Waals surface area (Å²) in [5, 5.41) is 2.91. The smallest absolute Gasteiger partial charge is 0.249 e. The van der Waals surface area contributed by atoms with Crippen LogP contribution in [0, 0.1) is 0 Å². The first-order valence-corrected chi connectivity index (χ1v) is 8.10. The van der Waals surface area contributed by atoms with Gasteiger partial charge < -0.3 is 19.9 Å². The molecule has 0 aliphatic carbocycles. The average Bonchev–Trinajstić information content (AvgIpc) is 3.03. The van der Waals surface area contributed by atoms with E-state index in [1.165, 1.54) is 7.11 Å². The van der Waals surface area contributed by atoms with Crippen LogP contribution in [-0.4, -0.2) is 82.4 Å². The third-order valence-electron chi connectivity index (χ3n) is 4.31. The van der Waals surface area contributed by atoms with Gasteiger partial charge in [0.05, 0.1) is 24.6 Å². The van der Waals surface area contributed by atoms with Crippen LogP contribution in [0.4, 0.5) is 0 Å². The van der Waals surface area contributed by atoms with Crippen LogP contribution >= 0.6 is 0 Å². The Labute approximate surface area is 145 Å². The van der Waals surface area contributed by atoms with Crippen LogP contribution in [0.1, 0.15) is 5.69 Å². The van der Waals surface area contributed by atoms with Gasteiger partial charge in [-0.25, -0.2) is 4.98 Å². The molecule has 1 aliphatic heterocycles. The zero-order valence-corrected chi connectivity index (χ0v) is 14.4. The molecule has 134 valence electrons. The summed E-state index contributed by atoms with van der Waals surface area (Å²) in [5.41, 5.74) is 1.57. The number of likely N-dealkylation sites (N-methyl/N-ethyl adjacent to an activating group) is 1. The summed E-state index contributed by atoms with van der Waals surface area (Å²) >= 11 is 0. The van der Waals surface area contributed by atoms with Gasteiger partial charge in [-0.2, -0.15) is 0 Å². The Hall–Kier alpha value is -2.52. The van der Waals surface area contributed by atoms with E-state index in [4.69, 9.17) is 4.74 Å². The lowest BCUT2D eigenvalue weighted by Gasteiger charge is -2.38. The highest BCUT2D eigenvalue weighted by molar-refractivity contribution is 5.88. The van der Waals surface area contributed by atoms with E-state index in [0.29, 0.717) is 19.6 Å². The Morgan fingerprint density at radius 1 is 1.36 bits per heavy atom. The van der Waals surface area contributed by atoms with Crippen LogP contribution < -0.4 is 5.32 Å². The molecule has 1 aliphatic rings. The van der Waals surface area contributed by atoms with Gasteiger partial charge >= 0.3 is 0 Å². The number of rotatable bonds is 5. The van der Waals surface area contributed by atoms with Gasteiger partial charge in [-0.05, 0) is 7.05 Å². The summed E-state index contributed by atoms with van der Waals surface area (Å²) in [5.74, 6) is -0.350. The number of hydrogen-bond donors (Lipinski definition) is 1. The summed E-state index contributed by atoms with van der Waals surface area (Å²) in [6.45, 7) is 2.06. The Bertz CT molecular complexity index is 761.